The lowest BCUT2D eigenvalue weighted by Gasteiger charge is -2.27. The summed E-state index contributed by atoms with van der Waals surface area (Å²) in [5.41, 5.74) is 4.67. The van der Waals surface area contributed by atoms with Gasteiger partial charge in [-0.2, -0.15) is 0 Å². The lowest BCUT2D eigenvalue weighted by Crippen LogP contribution is -2.33. The number of aliphatic imine (C=N–C) groups is 1. The maximum absolute atomic E-state index is 12.7. The van der Waals surface area contributed by atoms with E-state index in [1.165, 1.54) is 6.42 Å². The molecule has 6 heteroatoms. The second-order valence-electron chi connectivity index (χ2n) is 7.50. The molecule has 0 saturated carbocycles. The van der Waals surface area contributed by atoms with Gasteiger partial charge in [-0.1, -0.05) is 12.1 Å². The summed E-state index contributed by atoms with van der Waals surface area (Å²) in [4.78, 5) is 28.9. The Morgan fingerprint density at radius 2 is 2.07 bits per heavy atom. The average Bonchev–Trinajstić information content (AvgIpc) is 2.76. The van der Waals surface area contributed by atoms with Crippen molar-refractivity contribution in [1.29, 1.82) is 0 Å². The standard InChI is InChI=1S/C22H22N4O2/c27-21-16(14-28-20-7-2-1-5-17(20)21)13-26-10-8-18-15(12-26)11-24-22(25-18)19-6-3-4-9-23-19/h1-2,5,7,11,14H,3-4,6,8-10,12-13H2. The quantitative estimate of drug-likeness (QED) is 0.704. The molecule has 2 aromatic heterocycles. The molecule has 0 saturated heterocycles. The first-order valence-electron chi connectivity index (χ1n) is 9.88. The van der Waals surface area contributed by atoms with E-state index in [1.54, 1.807) is 6.26 Å². The number of nitrogens with zero attached hydrogens (tertiary/aromatic N) is 4. The van der Waals surface area contributed by atoms with Crippen molar-refractivity contribution in [2.75, 3.05) is 13.1 Å². The first-order valence-corrected chi connectivity index (χ1v) is 9.88. The van der Waals surface area contributed by atoms with Crippen LogP contribution in [0.3, 0.4) is 0 Å². The van der Waals surface area contributed by atoms with Gasteiger partial charge in [-0.25, -0.2) is 9.97 Å². The number of hydrogen-bond acceptors (Lipinski definition) is 6. The van der Waals surface area contributed by atoms with Crippen LogP contribution in [0.5, 0.6) is 0 Å². The van der Waals surface area contributed by atoms with E-state index in [-0.39, 0.29) is 5.43 Å². The van der Waals surface area contributed by atoms with Gasteiger partial charge in [-0.15, -0.1) is 0 Å². The van der Waals surface area contributed by atoms with Gasteiger partial charge in [0.2, 0.25) is 0 Å². The summed E-state index contributed by atoms with van der Waals surface area (Å²) < 4.78 is 5.65. The zero-order chi connectivity index (χ0) is 18.9. The van der Waals surface area contributed by atoms with Gasteiger partial charge in [0, 0.05) is 49.9 Å². The Bertz CT molecular complexity index is 1120. The molecule has 0 fully saturated rings. The van der Waals surface area contributed by atoms with Crippen LogP contribution in [-0.4, -0.2) is 33.7 Å². The zero-order valence-electron chi connectivity index (χ0n) is 15.7. The smallest absolute Gasteiger partial charge is 0.197 e. The minimum atomic E-state index is 0.0505. The highest BCUT2D eigenvalue weighted by molar-refractivity contribution is 5.97. The molecular weight excluding hydrogens is 352 g/mol. The fraction of sp³-hybridized carbons (Fsp3) is 0.364. The molecule has 0 atom stereocenters. The van der Waals surface area contributed by atoms with Crippen molar-refractivity contribution >= 4 is 16.7 Å². The fourth-order valence-corrected chi connectivity index (χ4v) is 4.00. The number of fused-ring (bicyclic) bond motifs is 2. The Kier molecular flexibility index (Phi) is 4.49. The first kappa shape index (κ1) is 17.3. The monoisotopic (exact) mass is 374 g/mol. The largest absolute Gasteiger partial charge is 0.464 e. The minimum absolute atomic E-state index is 0.0505. The number of para-hydroxylation sites is 1. The van der Waals surface area contributed by atoms with E-state index in [2.05, 4.69) is 14.9 Å². The van der Waals surface area contributed by atoms with Gasteiger partial charge in [0.15, 0.2) is 11.3 Å². The number of rotatable bonds is 3. The van der Waals surface area contributed by atoms with Crippen molar-refractivity contribution in [3.8, 4) is 0 Å². The zero-order valence-corrected chi connectivity index (χ0v) is 15.7. The third kappa shape index (κ3) is 3.24. The molecule has 2 aliphatic heterocycles. The summed E-state index contributed by atoms with van der Waals surface area (Å²) in [6, 6.07) is 7.38. The Balaban J connectivity index is 1.36. The lowest BCUT2D eigenvalue weighted by molar-refractivity contribution is 0.240. The molecule has 3 aromatic rings. The van der Waals surface area contributed by atoms with Crippen molar-refractivity contribution in [2.45, 2.75) is 38.8 Å². The maximum atomic E-state index is 12.7. The van der Waals surface area contributed by atoms with Gasteiger partial charge in [-0.3, -0.25) is 14.7 Å². The molecule has 0 amide bonds. The Labute approximate surface area is 163 Å². The molecule has 5 rings (SSSR count). The van der Waals surface area contributed by atoms with E-state index in [0.29, 0.717) is 23.1 Å². The second-order valence-corrected chi connectivity index (χ2v) is 7.50. The Morgan fingerprint density at radius 3 is 2.96 bits per heavy atom. The molecule has 6 nitrogen and oxygen atoms in total. The topological polar surface area (TPSA) is 71.6 Å². The van der Waals surface area contributed by atoms with E-state index in [4.69, 9.17) is 9.40 Å². The van der Waals surface area contributed by atoms with Crippen LogP contribution < -0.4 is 5.43 Å². The molecular formula is C22H22N4O2. The summed E-state index contributed by atoms with van der Waals surface area (Å²) in [6.45, 7) is 3.06. The van der Waals surface area contributed by atoms with Gasteiger partial charge in [-0.05, 0) is 31.4 Å². The van der Waals surface area contributed by atoms with Gasteiger partial charge >= 0.3 is 0 Å². The van der Waals surface area contributed by atoms with E-state index in [1.807, 2.05) is 30.5 Å². The molecule has 142 valence electrons. The Hall–Kier alpha value is -2.86. The molecule has 0 radical (unpaired) electrons. The summed E-state index contributed by atoms with van der Waals surface area (Å²) in [7, 11) is 0. The summed E-state index contributed by atoms with van der Waals surface area (Å²) in [6.07, 6.45) is 7.69. The number of hydrogen-bond donors (Lipinski definition) is 0. The van der Waals surface area contributed by atoms with Crippen LogP contribution >= 0.6 is 0 Å². The van der Waals surface area contributed by atoms with Crippen LogP contribution in [0.4, 0.5) is 0 Å². The van der Waals surface area contributed by atoms with Crippen LogP contribution in [0, 0.1) is 0 Å². The molecule has 0 aliphatic carbocycles. The van der Waals surface area contributed by atoms with Crippen LogP contribution in [0.1, 0.15) is 41.9 Å². The molecule has 28 heavy (non-hydrogen) atoms. The van der Waals surface area contributed by atoms with E-state index in [9.17, 15) is 4.79 Å². The van der Waals surface area contributed by atoms with Crippen molar-refractivity contribution in [3.63, 3.8) is 0 Å². The van der Waals surface area contributed by atoms with Crippen LogP contribution in [0.15, 0.2) is 50.9 Å². The highest BCUT2D eigenvalue weighted by Gasteiger charge is 2.21. The van der Waals surface area contributed by atoms with Crippen LogP contribution in [-0.2, 0) is 19.5 Å². The summed E-state index contributed by atoms with van der Waals surface area (Å²) in [5, 5.41) is 0.638. The molecule has 1 aromatic carbocycles. The van der Waals surface area contributed by atoms with Gasteiger partial charge in [0.25, 0.3) is 0 Å². The van der Waals surface area contributed by atoms with Gasteiger partial charge < -0.3 is 4.42 Å². The van der Waals surface area contributed by atoms with Gasteiger partial charge in [0.05, 0.1) is 23.1 Å². The fourth-order valence-electron chi connectivity index (χ4n) is 4.00. The highest BCUT2D eigenvalue weighted by Crippen LogP contribution is 2.20. The van der Waals surface area contributed by atoms with Gasteiger partial charge in [0.1, 0.15) is 5.58 Å². The molecule has 0 bridgehead atoms. The molecule has 2 aliphatic rings. The molecule has 0 unspecified atom stereocenters. The maximum Gasteiger partial charge on any atom is 0.197 e. The Morgan fingerprint density at radius 1 is 1.14 bits per heavy atom. The van der Waals surface area contributed by atoms with E-state index < -0.39 is 0 Å². The third-order valence-corrected chi connectivity index (χ3v) is 5.54. The average molecular weight is 374 g/mol. The van der Waals surface area contributed by atoms with E-state index >= 15 is 0 Å². The second kappa shape index (κ2) is 7.28. The normalized spacial score (nSPS) is 17.4. The lowest BCUT2D eigenvalue weighted by atomic mass is 10.0. The predicted octanol–water partition coefficient (Wildman–Crippen LogP) is 3.11. The first-order chi connectivity index (χ1) is 13.8. The molecule has 0 N–H and O–H groups in total. The predicted molar refractivity (Wildman–Crippen MR) is 108 cm³/mol. The van der Waals surface area contributed by atoms with Crippen molar-refractivity contribution < 1.29 is 4.42 Å². The van der Waals surface area contributed by atoms with Crippen molar-refractivity contribution in [2.24, 2.45) is 4.99 Å². The summed E-state index contributed by atoms with van der Waals surface area (Å²) in [5.74, 6) is 0.794. The van der Waals surface area contributed by atoms with Crippen LogP contribution in [0.25, 0.3) is 11.0 Å². The third-order valence-electron chi connectivity index (χ3n) is 5.54. The summed E-state index contributed by atoms with van der Waals surface area (Å²) >= 11 is 0. The van der Waals surface area contributed by atoms with E-state index in [0.717, 1.165) is 61.7 Å². The highest BCUT2D eigenvalue weighted by atomic mass is 16.3. The van der Waals surface area contributed by atoms with Crippen LogP contribution in [0.2, 0.25) is 0 Å². The van der Waals surface area contributed by atoms with Crippen molar-refractivity contribution in [3.05, 3.63) is 69.6 Å². The molecule has 4 heterocycles. The molecule has 0 spiro atoms. The SMILES string of the molecule is O=c1c(CN2CCc3nc(C4=NCCCC4)ncc3C2)coc2ccccc12. The minimum Gasteiger partial charge on any atom is -0.464 e. The number of aromatic nitrogens is 2. The van der Waals surface area contributed by atoms with Crippen molar-refractivity contribution in [1.82, 2.24) is 14.9 Å². The number of benzene rings is 1.